The van der Waals surface area contributed by atoms with Crippen molar-refractivity contribution in [1.29, 1.82) is 0 Å². The molecule has 21 heavy (non-hydrogen) atoms. The van der Waals surface area contributed by atoms with Crippen LogP contribution in [0.2, 0.25) is 0 Å². The molecule has 0 aliphatic rings. The van der Waals surface area contributed by atoms with Crippen LogP contribution in [0.1, 0.15) is 10.5 Å². The highest BCUT2D eigenvalue weighted by Gasteiger charge is 2.19. The van der Waals surface area contributed by atoms with Crippen LogP contribution in [-0.4, -0.2) is 21.3 Å². The molecule has 3 rings (SSSR count). The predicted octanol–water partition coefficient (Wildman–Crippen LogP) is 3.26. The summed E-state index contributed by atoms with van der Waals surface area (Å²) in [5.74, 6) is -1.98. The lowest BCUT2D eigenvalue weighted by atomic mass is 10.2. The van der Waals surface area contributed by atoms with Crippen molar-refractivity contribution < 1.29 is 19.0 Å². The zero-order valence-corrected chi connectivity index (χ0v) is 10.7. The van der Waals surface area contributed by atoms with Crippen LogP contribution < -0.4 is 4.74 Å². The lowest BCUT2D eigenvalue weighted by Crippen LogP contribution is -2.06. The van der Waals surface area contributed by atoms with Crippen LogP contribution in [0.5, 0.6) is 11.5 Å². The van der Waals surface area contributed by atoms with Gasteiger partial charge in [0, 0.05) is 5.39 Å². The maximum atomic E-state index is 13.7. The molecular formula is C15H9FN2O3. The van der Waals surface area contributed by atoms with Crippen molar-refractivity contribution in [2.75, 3.05) is 0 Å². The number of hydrogen-bond acceptors (Lipinski definition) is 4. The number of nitrogens with zero attached hydrogens (tertiary/aromatic N) is 2. The van der Waals surface area contributed by atoms with Gasteiger partial charge in [-0.15, -0.1) is 10.2 Å². The lowest BCUT2D eigenvalue weighted by Gasteiger charge is -2.10. The minimum absolute atomic E-state index is 0.0294. The van der Waals surface area contributed by atoms with E-state index < -0.39 is 11.8 Å². The summed E-state index contributed by atoms with van der Waals surface area (Å²) in [5.41, 5.74) is 0.103. The van der Waals surface area contributed by atoms with Gasteiger partial charge >= 0.3 is 5.97 Å². The highest BCUT2D eigenvalue weighted by Crippen LogP contribution is 2.32. The summed E-state index contributed by atoms with van der Waals surface area (Å²) in [7, 11) is 0. The Balaban J connectivity index is 2.21. The van der Waals surface area contributed by atoms with E-state index in [-0.39, 0.29) is 17.2 Å². The molecule has 2 aromatic carbocycles. The van der Waals surface area contributed by atoms with Gasteiger partial charge in [-0.1, -0.05) is 24.3 Å². The molecule has 1 heterocycles. The monoisotopic (exact) mass is 284 g/mol. The van der Waals surface area contributed by atoms with E-state index in [1.807, 2.05) is 0 Å². The Bertz CT molecular complexity index is 836. The molecular weight excluding hydrogens is 275 g/mol. The zero-order valence-electron chi connectivity index (χ0n) is 10.7. The molecule has 5 nitrogen and oxygen atoms in total. The Hall–Kier alpha value is -3.02. The van der Waals surface area contributed by atoms with E-state index in [0.717, 1.165) is 0 Å². The third-order valence-electron chi connectivity index (χ3n) is 2.87. The van der Waals surface area contributed by atoms with Crippen molar-refractivity contribution in [3.05, 3.63) is 60.0 Å². The molecule has 0 unspecified atom stereocenters. The minimum atomic E-state index is -1.29. The smallest absolute Gasteiger partial charge is 0.360 e. The summed E-state index contributed by atoms with van der Waals surface area (Å²) in [6.07, 6.45) is 0. The second-order valence-corrected chi connectivity index (χ2v) is 4.23. The van der Waals surface area contributed by atoms with Crippen LogP contribution in [0.3, 0.4) is 0 Å². The van der Waals surface area contributed by atoms with Gasteiger partial charge in [-0.05, 0) is 24.3 Å². The van der Waals surface area contributed by atoms with Crippen LogP contribution in [0.4, 0.5) is 4.39 Å². The molecule has 0 atom stereocenters. The van der Waals surface area contributed by atoms with Gasteiger partial charge < -0.3 is 9.84 Å². The van der Waals surface area contributed by atoms with Crippen molar-refractivity contribution >= 4 is 16.9 Å². The van der Waals surface area contributed by atoms with Gasteiger partial charge in [-0.2, -0.15) is 0 Å². The van der Waals surface area contributed by atoms with Gasteiger partial charge in [0.2, 0.25) is 5.69 Å². The molecule has 0 spiro atoms. The third-order valence-corrected chi connectivity index (χ3v) is 2.87. The summed E-state index contributed by atoms with van der Waals surface area (Å²) in [4.78, 5) is 11.3. The largest absolute Gasteiger partial charge is 0.476 e. The Morgan fingerprint density at radius 3 is 2.52 bits per heavy atom. The first-order valence-corrected chi connectivity index (χ1v) is 6.08. The molecule has 0 saturated carbocycles. The van der Waals surface area contributed by atoms with Crippen molar-refractivity contribution in [3.8, 4) is 11.5 Å². The maximum absolute atomic E-state index is 13.7. The molecule has 0 saturated heterocycles. The first-order chi connectivity index (χ1) is 10.2. The van der Waals surface area contributed by atoms with Crippen LogP contribution in [0.15, 0.2) is 48.5 Å². The van der Waals surface area contributed by atoms with Crippen molar-refractivity contribution in [1.82, 2.24) is 10.2 Å². The van der Waals surface area contributed by atoms with Crippen LogP contribution in [0, 0.1) is 5.82 Å². The SMILES string of the molecule is O=C(O)c1nnc2ccccc2c1Oc1ccccc1F. The fourth-order valence-electron chi connectivity index (χ4n) is 1.91. The summed E-state index contributed by atoms with van der Waals surface area (Å²) in [6.45, 7) is 0. The lowest BCUT2D eigenvalue weighted by molar-refractivity contribution is 0.0686. The Kier molecular flexibility index (Phi) is 3.19. The van der Waals surface area contributed by atoms with E-state index in [4.69, 9.17) is 4.74 Å². The standard InChI is InChI=1S/C15H9FN2O3/c16-10-6-2-4-8-12(10)21-14-9-5-1-3-7-11(9)17-18-13(14)15(19)20/h1-8H,(H,19,20). The number of aromatic nitrogens is 2. The number of fused-ring (bicyclic) bond motifs is 1. The molecule has 1 N–H and O–H groups in total. The van der Waals surface area contributed by atoms with E-state index >= 15 is 0 Å². The number of ether oxygens (including phenoxy) is 1. The van der Waals surface area contributed by atoms with Gasteiger partial charge in [-0.3, -0.25) is 0 Å². The Morgan fingerprint density at radius 2 is 1.76 bits per heavy atom. The average Bonchev–Trinajstić information content (AvgIpc) is 2.49. The molecule has 0 radical (unpaired) electrons. The predicted molar refractivity (Wildman–Crippen MR) is 73.0 cm³/mol. The summed E-state index contributed by atoms with van der Waals surface area (Å²) in [5, 5.41) is 17.1. The average molecular weight is 284 g/mol. The number of halogens is 1. The normalized spacial score (nSPS) is 10.5. The number of rotatable bonds is 3. The quantitative estimate of drug-likeness (QED) is 0.799. The molecule has 104 valence electrons. The zero-order chi connectivity index (χ0) is 14.8. The molecule has 0 aliphatic heterocycles. The summed E-state index contributed by atoms with van der Waals surface area (Å²) >= 11 is 0. The topological polar surface area (TPSA) is 72.3 Å². The van der Waals surface area contributed by atoms with Gasteiger partial charge in [0.05, 0.1) is 5.52 Å². The van der Waals surface area contributed by atoms with Gasteiger partial charge in [0.15, 0.2) is 17.3 Å². The van der Waals surface area contributed by atoms with E-state index in [1.54, 1.807) is 30.3 Å². The van der Waals surface area contributed by atoms with Gasteiger partial charge in [0.25, 0.3) is 0 Å². The molecule has 0 fully saturated rings. The Labute approximate surface area is 118 Å². The van der Waals surface area contributed by atoms with Crippen LogP contribution in [0.25, 0.3) is 10.9 Å². The first-order valence-electron chi connectivity index (χ1n) is 6.08. The van der Waals surface area contributed by atoms with Gasteiger partial charge in [-0.25, -0.2) is 9.18 Å². The summed E-state index contributed by atoms with van der Waals surface area (Å²) < 4.78 is 19.2. The Morgan fingerprint density at radius 1 is 1.05 bits per heavy atom. The number of para-hydroxylation sites is 1. The minimum Gasteiger partial charge on any atom is -0.476 e. The number of carboxylic acid groups (broad SMARTS) is 1. The molecule has 3 aromatic rings. The van der Waals surface area contributed by atoms with E-state index in [2.05, 4.69) is 10.2 Å². The van der Waals surface area contributed by atoms with Crippen molar-refractivity contribution in [2.45, 2.75) is 0 Å². The van der Waals surface area contributed by atoms with Crippen molar-refractivity contribution in [3.63, 3.8) is 0 Å². The fourth-order valence-corrected chi connectivity index (χ4v) is 1.91. The van der Waals surface area contributed by atoms with E-state index in [9.17, 15) is 14.3 Å². The van der Waals surface area contributed by atoms with Gasteiger partial charge in [0.1, 0.15) is 0 Å². The van der Waals surface area contributed by atoms with E-state index in [0.29, 0.717) is 10.9 Å². The molecule has 1 aromatic heterocycles. The van der Waals surface area contributed by atoms with Crippen LogP contribution >= 0.6 is 0 Å². The van der Waals surface area contributed by atoms with E-state index in [1.165, 1.54) is 18.2 Å². The first kappa shape index (κ1) is 13.0. The third kappa shape index (κ3) is 2.38. The number of hydrogen-bond donors (Lipinski definition) is 1. The highest BCUT2D eigenvalue weighted by molar-refractivity contribution is 5.96. The number of aromatic carboxylic acids is 1. The second kappa shape index (κ2) is 5.16. The number of carbonyl (C=O) groups is 1. The highest BCUT2D eigenvalue weighted by atomic mass is 19.1. The molecule has 0 amide bonds. The molecule has 6 heteroatoms. The summed E-state index contributed by atoms with van der Waals surface area (Å²) in [6, 6.07) is 12.5. The maximum Gasteiger partial charge on any atom is 0.360 e. The fraction of sp³-hybridized carbons (Fsp3) is 0. The number of benzene rings is 2. The van der Waals surface area contributed by atoms with Crippen LogP contribution in [-0.2, 0) is 0 Å². The number of carboxylic acids is 1. The second-order valence-electron chi connectivity index (χ2n) is 4.23. The molecule has 0 aliphatic carbocycles. The molecule has 0 bridgehead atoms. The van der Waals surface area contributed by atoms with Crippen molar-refractivity contribution in [2.24, 2.45) is 0 Å².